The molecule has 0 saturated heterocycles. The van der Waals surface area contributed by atoms with E-state index >= 15 is 0 Å². The summed E-state index contributed by atoms with van der Waals surface area (Å²) in [5.74, 6) is -0.333. The van der Waals surface area contributed by atoms with Crippen LogP contribution in [0.5, 0.6) is 5.75 Å². The molecule has 2 N–H and O–H groups in total. The van der Waals surface area contributed by atoms with Crippen LogP contribution in [0.15, 0.2) is 174 Å². The Morgan fingerprint density at radius 1 is 0.514 bits per heavy atom. The SMILES string of the molecule is Cc1cccc(C2(Cc3cccc(-c4cccc(OC(F)(F)F)c4)c3)CN(C[C@@H](O)C(F)(F)F)c3ccccc32)c1.Cc1cccc(C2(Cc3cccc(Br)c3)CN(C[C@@H](O)C(F)(F)F)c3ccccc32)c1. The van der Waals surface area contributed by atoms with E-state index in [4.69, 9.17) is 0 Å². The quantitative estimate of drug-likeness (QED) is 0.119. The molecule has 4 atom stereocenters. The molecule has 0 fully saturated rings. The average molecular weight is 1060 g/mol. The normalized spacial score (nSPS) is 18.5. The molecule has 0 bridgehead atoms. The molecule has 2 heterocycles. The molecule has 0 saturated carbocycles. The van der Waals surface area contributed by atoms with Crippen molar-refractivity contribution in [2.24, 2.45) is 0 Å². The summed E-state index contributed by atoms with van der Waals surface area (Å²) in [6, 6.07) is 51.9. The van der Waals surface area contributed by atoms with Crippen LogP contribution in [0.1, 0.15) is 44.5 Å². The van der Waals surface area contributed by atoms with Crippen LogP contribution >= 0.6 is 15.9 Å². The van der Waals surface area contributed by atoms with Gasteiger partial charge in [0.05, 0.1) is 13.1 Å². The van der Waals surface area contributed by atoms with Crippen LogP contribution in [-0.4, -0.2) is 67.3 Å². The molecular formula is C57H50BrF9N2O3. The lowest BCUT2D eigenvalue weighted by Gasteiger charge is -2.33. The van der Waals surface area contributed by atoms with E-state index in [1.54, 1.807) is 40.1 Å². The van der Waals surface area contributed by atoms with Gasteiger partial charge in [-0.3, -0.25) is 0 Å². The predicted molar refractivity (Wildman–Crippen MR) is 265 cm³/mol. The molecule has 0 spiro atoms. The third kappa shape index (κ3) is 11.6. The van der Waals surface area contributed by atoms with Gasteiger partial charge in [-0.25, -0.2) is 0 Å². The van der Waals surface area contributed by atoms with Gasteiger partial charge in [0, 0.05) is 39.8 Å². The summed E-state index contributed by atoms with van der Waals surface area (Å²) >= 11 is 3.53. The highest BCUT2D eigenvalue weighted by atomic mass is 79.9. The number of alkyl halides is 9. The van der Waals surface area contributed by atoms with Gasteiger partial charge in [0.1, 0.15) is 5.75 Å². The van der Waals surface area contributed by atoms with Gasteiger partial charge in [-0.1, -0.05) is 161 Å². The molecule has 376 valence electrons. The summed E-state index contributed by atoms with van der Waals surface area (Å²) in [6.07, 6.45) is -18.1. The summed E-state index contributed by atoms with van der Waals surface area (Å²) in [5.41, 5.74) is 9.08. The van der Waals surface area contributed by atoms with Gasteiger partial charge in [0.25, 0.3) is 0 Å². The monoisotopic (exact) mass is 1060 g/mol. The molecule has 0 amide bonds. The minimum absolute atomic E-state index is 0.197. The molecule has 0 aliphatic carbocycles. The number of ether oxygens (including phenoxy) is 1. The molecule has 2 aliphatic rings. The van der Waals surface area contributed by atoms with Crippen LogP contribution in [0.2, 0.25) is 0 Å². The van der Waals surface area contributed by atoms with Crippen molar-refractivity contribution < 1.29 is 54.5 Å². The Morgan fingerprint density at radius 3 is 1.40 bits per heavy atom. The lowest BCUT2D eigenvalue weighted by atomic mass is 9.71. The van der Waals surface area contributed by atoms with E-state index in [1.807, 2.05) is 129 Å². The molecule has 2 unspecified atom stereocenters. The van der Waals surface area contributed by atoms with E-state index in [0.717, 1.165) is 54.7 Å². The highest BCUT2D eigenvalue weighted by molar-refractivity contribution is 9.10. The largest absolute Gasteiger partial charge is 0.573 e. The Kier molecular flexibility index (Phi) is 14.9. The third-order valence-electron chi connectivity index (χ3n) is 13.4. The minimum atomic E-state index is -4.82. The third-order valence-corrected chi connectivity index (χ3v) is 13.8. The van der Waals surface area contributed by atoms with E-state index in [-0.39, 0.29) is 12.3 Å². The molecule has 72 heavy (non-hydrogen) atoms. The molecule has 7 aromatic carbocycles. The fraction of sp³-hybridized carbons (Fsp3) is 0.263. The Bertz CT molecular complexity index is 3020. The number of aryl methyl sites for hydroxylation is 2. The van der Waals surface area contributed by atoms with Gasteiger partial charge in [-0.15, -0.1) is 13.2 Å². The number of benzene rings is 7. The summed E-state index contributed by atoms with van der Waals surface area (Å²) in [7, 11) is 0. The van der Waals surface area contributed by atoms with Crippen LogP contribution in [0.4, 0.5) is 50.9 Å². The first-order valence-electron chi connectivity index (χ1n) is 23.1. The number of para-hydroxylation sites is 2. The summed E-state index contributed by atoms with van der Waals surface area (Å²) in [6.45, 7) is 3.41. The molecule has 7 aromatic rings. The maximum Gasteiger partial charge on any atom is 0.573 e. The van der Waals surface area contributed by atoms with E-state index in [9.17, 15) is 49.7 Å². The number of rotatable bonds is 12. The molecule has 0 aromatic heterocycles. The highest BCUT2D eigenvalue weighted by Gasteiger charge is 2.49. The van der Waals surface area contributed by atoms with Crippen molar-refractivity contribution in [3.05, 3.63) is 219 Å². The Balaban J connectivity index is 0.000000200. The number of fused-ring (bicyclic) bond motifs is 2. The van der Waals surface area contributed by atoms with E-state index in [1.165, 1.54) is 18.2 Å². The smallest absolute Gasteiger partial charge is 0.406 e. The van der Waals surface area contributed by atoms with Crippen LogP contribution < -0.4 is 14.5 Å². The molecule has 9 rings (SSSR count). The number of nitrogens with zero attached hydrogens (tertiary/aromatic N) is 2. The maximum absolute atomic E-state index is 13.4. The van der Waals surface area contributed by atoms with Crippen molar-refractivity contribution in [2.45, 2.75) is 68.4 Å². The van der Waals surface area contributed by atoms with Crippen molar-refractivity contribution >= 4 is 27.3 Å². The van der Waals surface area contributed by atoms with E-state index < -0.39 is 54.8 Å². The summed E-state index contributed by atoms with van der Waals surface area (Å²) < 4.78 is 123. The zero-order chi connectivity index (χ0) is 51.6. The lowest BCUT2D eigenvalue weighted by molar-refractivity contribution is -0.274. The van der Waals surface area contributed by atoms with Crippen molar-refractivity contribution in [3.63, 3.8) is 0 Å². The van der Waals surface area contributed by atoms with Crippen molar-refractivity contribution in [3.8, 4) is 16.9 Å². The van der Waals surface area contributed by atoms with E-state index in [2.05, 4.69) is 26.7 Å². The van der Waals surface area contributed by atoms with Gasteiger partial charge in [-0.2, -0.15) is 26.3 Å². The van der Waals surface area contributed by atoms with Gasteiger partial charge in [0.2, 0.25) is 0 Å². The van der Waals surface area contributed by atoms with Crippen LogP contribution in [0, 0.1) is 13.8 Å². The molecule has 15 heteroatoms. The lowest BCUT2D eigenvalue weighted by Crippen LogP contribution is -2.44. The standard InChI is InChI=1S/C32H27F6NO2.C25H23BrF3NO/c1-21-7-4-11-25(15-21)30(20-39(19-29(40)31(33,34)35)28-14-3-2-13-27(28)30)18-22-8-5-9-23(16-22)24-10-6-12-26(17-24)41-32(36,37)38;1-17-6-4-8-19(12-17)24(14-18-7-5-9-20(26)13-18)16-30(15-23(31)25(27,28)29)22-11-3-2-10-21(22)24/h2-17,29,40H,18-20H2,1H3;2-13,23,31H,14-16H2,1H3/t29-,30?;23-,24?/m11/s1. The second-order valence-electron chi connectivity index (χ2n) is 18.6. The van der Waals surface area contributed by atoms with Crippen molar-refractivity contribution in [2.75, 3.05) is 36.0 Å². The molecule has 2 aliphatic heterocycles. The zero-order valence-corrected chi connectivity index (χ0v) is 40.6. The second kappa shape index (κ2) is 20.7. The highest BCUT2D eigenvalue weighted by Crippen LogP contribution is 2.50. The number of aliphatic hydroxyl groups excluding tert-OH is 2. The average Bonchev–Trinajstić information content (AvgIpc) is 3.80. The zero-order valence-electron chi connectivity index (χ0n) is 39.0. The topological polar surface area (TPSA) is 56.2 Å². The number of halogens is 10. The maximum atomic E-state index is 13.4. The fourth-order valence-electron chi connectivity index (χ4n) is 10.2. The Morgan fingerprint density at radius 2 is 0.944 bits per heavy atom. The summed E-state index contributed by atoms with van der Waals surface area (Å²) in [4.78, 5) is 3.26. The van der Waals surface area contributed by atoms with Gasteiger partial charge in [-0.05, 0) is 108 Å². The number of hydrogen-bond acceptors (Lipinski definition) is 5. The van der Waals surface area contributed by atoms with Crippen LogP contribution in [0.3, 0.4) is 0 Å². The van der Waals surface area contributed by atoms with Crippen molar-refractivity contribution in [1.29, 1.82) is 0 Å². The Hall–Kier alpha value is -6.29. The van der Waals surface area contributed by atoms with Crippen molar-refractivity contribution in [1.82, 2.24) is 0 Å². The first-order chi connectivity index (χ1) is 34.0. The van der Waals surface area contributed by atoms with Gasteiger partial charge < -0.3 is 24.7 Å². The van der Waals surface area contributed by atoms with Gasteiger partial charge in [0.15, 0.2) is 12.2 Å². The van der Waals surface area contributed by atoms with Crippen LogP contribution in [0.25, 0.3) is 11.1 Å². The number of hydrogen-bond donors (Lipinski definition) is 2. The Labute approximate surface area is 420 Å². The molecule has 0 radical (unpaired) electrons. The summed E-state index contributed by atoms with van der Waals surface area (Å²) in [5, 5.41) is 19.8. The first kappa shape index (κ1) is 52.0. The second-order valence-corrected chi connectivity index (χ2v) is 19.5. The molecule has 5 nitrogen and oxygen atoms in total. The fourth-order valence-corrected chi connectivity index (χ4v) is 10.7. The van der Waals surface area contributed by atoms with Crippen LogP contribution in [-0.2, 0) is 23.7 Å². The number of β-amino-alcohol motifs (C(OH)–C–C–N with tert-alkyl or cyclic N) is 2. The van der Waals surface area contributed by atoms with E-state index in [0.29, 0.717) is 36.2 Å². The molecular weight excluding hydrogens is 1010 g/mol. The first-order valence-corrected chi connectivity index (χ1v) is 23.8. The van der Waals surface area contributed by atoms with Gasteiger partial charge >= 0.3 is 18.7 Å². The minimum Gasteiger partial charge on any atom is -0.406 e. The predicted octanol–water partition coefficient (Wildman–Crippen LogP) is 13.9. The number of anilines is 2. The number of aliphatic hydroxyl groups is 2.